The number of benzene rings is 6. The molecule has 2 aromatic heterocycles. The summed E-state index contributed by atoms with van der Waals surface area (Å²) in [5.41, 5.74) is 8.21. The number of pyridine rings is 2. The van der Waals surface area contributed by atoms with Gasteiger partial charge in [-0.25, -0.2) is 9.97 Å². The summed E-state index contributed by atoms with van der Waals surface area (Å²) in [7, 11) is 0. The topological polar surface area (TPSA) is 29.0 Å². The number of aromatic nitrogens is 2. The van der Waals surface area contributed by atoms with Crippen molar-refractivity contribution < 1.29 is 0 Å². The molecule has 3 nitrogen and oxygen atoms in total. The second kappa shape index (κ2) is 11.6. The van der Waals surface area contributed by atoms with E-state index >= 15 is 0 Å². The van der Waals surface area contributed by atoms with Gasteiger partial charge in [0.05, 0.1) is 5.69 Å². The van der Waals surface area contributed by atoms with Gasteiger partial charge in [-0.15, -0.1) is 0 Å². The summed E-state index contributed by atoms with van der Waals surface area (Å²) >= 11 is 0. The van der Waals surface area contributed by atoms with Gasteiger partial charge >= 0.3 is 0 Å². The van der Waals surface area contributed by atoms with Crippen molar-refractivity contribution in [3.8, 4) is 33.4 Å². The molecule has 212 valence electrons. The Morgan fingerprint density at radius 3 is 1.18 bits per heavy atom. The van der Waals surface area contributed by atoms with Crippen molar-refractivity contribution in [1.82, 2.24) is 9.97 Å². The molecule has 0 atom stereocenters. The highest BCUT2D eigenvalue weighted by Crippen LogP contribution is 2.48. The van der Waals surface area contributed by atoms with Gasteiger partial charge in [0, 0.05) is 23.2 Å². The Labute approximate surface area is 262 Å². The average molecular weight is 576 g/mol. The Morgan fingerprint density at radius 2 is 0.733 bits per heavy atom. The van der Waals surface area contributed by atoms with Crippen molar-refractivity contribution in [2.45, 2.75) is 0 Å². The molecule has 3 heteroatoms. The van der Waals surface area contributed by atoms with Gasteiger partial charge in [0.25, 0.3) is 0 Å². The minimum atomic E-state index is 0.816. The predicted octanol–water partition coefficient (Wildman–Crippen LogP) is 11.3. The zero-order valence-corrected chi connectivity index (χ0v) is 24.6. The molecular formula is C42H29N3. The first kappa shape index (κ1) is 26.6. The molecule has 0 aliphatic heterocycles. The lowest BCUT2D eigenvalue weighted by Crippen LogP contribution is -2.14. The summed E-state index contributed by atoms with van der Waals surface area (Å²) in [6, 6.07) is 57.7. The van der Waals surface area contributed by atoms with Crippen LogP contribution in [0.25, 0.3) is 54.9 Å². The van der Waals surface area contributed by atoms with E-state index in [1.807, 2.05) is 48.8 Å². The van der Waals surface area contributed by atoms with Gasteiger partial charge in [0.15, 0.2) is 0 Å². The molecule has 0 bridgehead atoms. The third-order valence-electron chi connectivity index (χ3n) is 8.32. The van der Waals surface area contributed by atoms with Crippen LogP contribution in [0, 0.1) is 0 Å². The Morgan fingerprint density at radius 1 is 0.333 bits per heavy atom. The van der Waals surface area contributed by atoms with Crippen molar-refractivity contribution in [3.63, 3.8) is 0 Å². The molecule has 0 aliphatic carbocycles. The van der Waals surface area contributed by atoms with Gasteiger partial charge in [0.2, 0.25) is 0 Å². The van der Waals surface area contributed by atoms with Gasteiger partial charge in [-0.3, -0.25) is 4.90 Å². The molecule has 6 aromatic carbocycles. The summed E-state index contributed by atoms with van der Waals surface area (Å²) in [4.78, 5) is 11.8. The van der Waals surface area contributed by atoms with E-state index in [0.29, 0.717) is 0 Å². The molecular weight excluding hydrogens is 546 g/mol. The molecule has 0 unspecified atom stereocenters. The van der Waals surface area contributed by atoms with Crippen molar-refractivity contribution >= 4 is 38.9 Å². The average Bonchev–Trinajstić information content (AvgIpc) is 3.13. The van der Waals surface area contributed by atoms with Gasteiger partial charge in [-0.1, -0.05) is 121 Å². The second-order valence-corrected chi connectivity index (χ2v) is 11.1. The number of fused-ring (bicyclic) bond motifs is 2. The lowest BCUT2D eigenvalue weighted by molar-refractivity contribution is 1.14. The molecule has 2 heterocycles. The van der Waals surface area contributed by atoms with E-state index in [0.717, 1.165) is 28.1 Å². The summed E-state index contributed by atoms with van der Waals surface area (Å²) in [5, 5.41) is 4.61. The molecule has 0 aliphatic rings. The van der Waals surface area contributed by atoms with Gasteiger partial charge in [-0.2, -0.15) is 0 Å². The normalized spacial score (nSPS) is 11.1. The number of hydrogen-bond donors (Lipinski definition) is 0. The molecule has 0 saturated carbocycles. The van der Waals surface area contributed by atoms with Crippen molar-refractivity contribution in [2.24, 2.45) is 0 Å². The Bertz CT molecular complexity index is 2090. The minimum absolute atomic E-state index is 0.816. The van der Waals surface area contributed by atoms with Crippen LogP contribution in [0.4, 0.5) is 17.3 Å². The molecule has 0 amide bonds. The maximum Gasteiger partial charge on any atom is 0.138 e. The zero-order valence-electron chi connectivity index (χ0n) is 24.6. The third-order valence-corrected chi connectivity index (χ3v) is 8.32. The summed E-state index contributed by atoms with van der Waals surface area (Å²) < 4.78 is 0. The Hall–Kier alpha value is -6.06. The second-order valence-electron chi connectivity index (χ2n) is 11.1. The molecule has 45 heavy (non-hydrogen) atoms. The quantitative estimate of drug-likeness (QED) is 0.185. The van der Waals surface area contributed by atoms with Crippen LogP contribution in [0.5, 0.6) is 0 Å². The zero-order chi connectivity index (χ0) is 30.0. The van der Waals surface area contributed by atoms with E-state index in [4.69, 9.17) is 9.97 Å². The van der Waals surface area contributed by atoms with E-state index in [9.17, 15) is 0 Å². The maximum absolute atomic E-state index is 4.80. The van der Waals surface area contributed by atoms with Crippen LogP contribution in [0.1, 0.15) is 0 Å². The monoisotopic (exact) mass is 575 g/mol. The smallest absolute Gasteiger partial charge is 0.138 e. The summed E-state index contributed by atoms with van der Waals surface area (Å²) in [6.45, 7) is 0. The minimum Gasteiger partial charge on any atom is -0.278 e. The van der Waals surface area contributed by atoms with Crippen LogP contribution in [0.15, 0.2) is 176 Å². The molecule has 0 spiro atoms. The first-order chi connectivity index (χ1) is 22.3. The maximum atomic E-state index is 4.80. The fourth-order valence-corrected chi connectivity index (χ4v) is 6.34. The van der Waals surface area contributed by atoms with Crippen LogP contribution in [0.3, 0.4) is 0 Å². The number of rotatable bonds is 6. The van der Waals surface area contributed by atoms with E-state index in [1.165, 1.54) is 44.2 Å². The number of nitrogens with zero attached hydrogens (tertiary/aromatic N) is 3. The van der Waals surface area contributed by atoms with Crippen LogP contribution in [0.2, 0.25) is 0 Å². The molecule has 8 aromatic rings. The fraction of sp³-hybridized carbons (Fsp3) is 0. The van der Waals surface area contributed by atoms with E-state index < -0.39 is 0 Å². The van der Waals surface area contributed by atoms with E-state index in [-0.39, 0.29) is 0 Å². The first-order valence-electron chi connectivity index (χ1n) is 15.2. The molecule has 0 N–H and O–H groups in total. The lowest BCUT2D eigenvalue weighted by atomic mass is 9.87. The predicted molar refractivity (Wildman–Crippen MR) is 188 cm³/mol. The van der Waals surface area contributed by atoms with Crippen molar-refractivity contribution in [2.75, 3.05) is 4.90 Å². The van der Waals surface area contributed by atoms with E-state index in [1.54, 1.807) is 0 Å². The van der Waals surface area contributed by atoms with Gasteiger partial charge in [0.1, 0.15) is 11.6 Å². The largest absolute Gasteiger partial charge is 0.278 e. The summed E-state index contributed by atoms with van der Waals surface area (Å²) in [6.07, 6.45) is 3.68. The Kier molecular flexibility index (Phi) is 6.82. The third kappa shape index (κ3) is 4.91. The van der Waals surface area contributed by atoms with Gasteiger partial charge in [-0.05, 0) is 86.6 Å². The molecule has 0 radical (unpaired) electrons. The highest BCUT2D eigenvalue weighted by molar-refractivity contribution is 6.22. The fourth-order valence-electron chi connectivity index (χ4n) is 6.34. The van der Waals surface area contributed by atoms with Crippen LogP contribution in [-0.2, 0) is 0 Å². The van der Waals surface area contributed by atoms with Crippen LogP contribution in [-0.4, -0.2) is 9.97 Å². The number of anilines is 3. The highest BCUT2D eigenvalue weighted by atomic mass is 15.2. The molecule has 0 saturated heterocycles. The van der Waals surface area contributed by atoms with E-state index in [2.05, 4.69) is 132 Å². The highest BCUT2D eigenvalue weighted by Gasteiger charge is 2.23. The van der Waals surface area contributed by atoms with Crippen LogP contribution >= 0.6 is 0 Å². The number of hydrogen-bond acceptors (Lipinski definition) is 3. The molecule has 0 fully saturated rings. The Balaban J connectivity index is 1.47. The lowest BCUT2D eigenvalue weighted by Gasteiger charge is -2.27. The van der Waals surface area contributed by atoms with Crippen LogP contribution < -0.4 is 4.90 Å². The first-order valence-corrected chi connectivity index (χ1v) is 15.2. The van der Waals surface area contributed by atoms with Crippen molar-refractivity contribution in [1.29, 1.82) is 0 Å². The standard InChI is InChI=1S/C42H29N3/c1-3-15-30(16-4-1)32-27-33(31-17-5-2-6-18-31)29-34(28-32)41-35-19-7-9-21-37(35)42(38-22-10-8-20-36(38)41)45(39-23-11-13-25-43-39)40-24-12-14-26-44-40/h1-29H. The summed E-state index contributed by atoms with van der Waals surface area (Å²) in [5.74, 6) is 1.63. The molecule has 8 rings (SSSR count). The SMILES string of the molecule is c1ccc(-c2cc(-c3ccccc3)cc(-c3c4ccccc4c(N(c4ccccn4)c4ccccn4)c4ccccc34)c2)cc1. The van der Waals surface area contributed by atoms with Crippen molar-refractivity contribution in [3.05, 3.63) is 176 Å². The van der Waals surface area contributed by atoms with Gasteiger partial charge < -0.3 is 0 Å².